The Kier molecular flexibility index (Phi) is 2.90. The van der Waals surface area contributed by atoms with Gasteiger partial charge in [-0.15, -0.1) is 11.3 Å². The van der Waals surface area contributed by atoms with Gasteiger partial charge in [0, 0.05) is 27.8 Å². The number of hydrogen-bond acceptors (Lipinski definition) is 3. The van der Waals surface area contributed by atoms with Crippen LogP contribution in [0.1, 0.15) is 11.3 Å². The second-order valence-corrected chi connectivity index (χ2v) is 5.32. The van der Waals surface area contributed by atoms with Crippen molar-refractivity contribution in [2.75, 3.05) is 6.54 Å². The van der Waals surface area contributed by atoms with E-state index < -0.39 is 0 Å². The van der Waals surface area contributed by atoms with Crippen molar-refractivity contribution >= 4 is 33.2 Å². The summed E-state index contributed by atoms with van der Waals surface area (Å²) in [5, 5.41) is 2.05. The maximum Gasteiger partial charge on any atom is 0.234 e. The van der Waals surface area contributed by atoms with Gasteiger partial charge in [-0.25, -0.2) is 0 Å². The van der Waals surface area contributed by atoms with Crippen molar-refractivity contribution < 1.29 is 4.79 Å². The Balaban J connectivity index is 1.95. The average molecular weight is 275 g/mol. The van der Waals surface area contributed by atoms with E-state index in [9.17, 15) is 4.79 Å². The van der Waals surface area contributed by atoms with E-state index in [1.165, 1.54) is 4.88 Å². The number of likely N-dealkylation sites (tertiary alicyclic amines) is 1. The van der Waals surface area contributed by atoms with Crippen molar-refractivity contribution in [2.45, 2.75) is 19.0 Å². The van der Waals surface area contributed by atoms with Crippen molar-refractivity contribution in [3.63, 3.8) is 0 Å². The van der Waals surface area contributed by atoms with Gasteiger partial charge in [-0.3, -0.25) is 9.69 Å². The molecule has 0 radical (unpaired) electrons. The highest BCUT2D eigenvalue weighted by atomic mass is 79.9. The molecule has 5 heteroatoms. The lowest BCUT2D eigenvalue weighted by Crippen LogP contribution is -2.53. The molecule has 1 saturated heterocycles. The molecule has 3 nitrogen and oxygen atoms in total. The number of amides is 1. The zero-order chi connectivity index (χ0) is 10.1. The minimum atomic E-state index is -0.202. The monoisotopic (exact) mass is 274 g/mol. The number of rotatable bonds is 3. The summed E-state index contributed by atoms with van der Waals surface area (Å²) in [6.07, 6.45) is 0.905. The Morgan fingerprint density at radius 2 is 2.57 bits per heavy atom. The molecule has 0 spiro atoms. The third-order valence-electron chi connectivity index (χ3n) is 2.44. The fourth-order valence-electron chi connectivity index (χ4n) is 1.59. The molecule has 0 saturated carbocycles. The standard InChI is InChI=1S/C9H11BrN2OS/c10-6-3-7(14-5-6)4-12-2-1-8(12)9(11)13/h3,5,8H,1-2,4H2,(H2,11,13). The van der Waals surface area contributed by atoms with E-state index in [1.807, 2.05) is 5.38 Å². The van der Waals surface area contributed by atoms with Crippen molar-refractivity contribution in [1.29, 1.82) is 0 Å². The minimum absolute atomic E-state index is 0.0455. The molecule has 1 atom stereocenters. The van der Waals surface area contributed by atoms with Crippen LogP contribution in [0, 0.1) is 0 Å². The van der Waals surface area contributed by atoms with E-state index in [0.717, 1.165) is 24.0 Å². The first-order chi connectivity index (χ1) is 6.66. The van der Waals surface area contributed by atoms with Crippen LogP contribution < -0.4 is 5.73 Å². The lowest BCUT2D eigenvalue weighted by molar-refractivity contribution is -0.127. The maximum absolute atomic E-state index is 11.0. The van der Waals surface area contributed by atoms with Gasteiger partial charge < -0.3 is 5.73 Å². The molecule has 1 aliphatic heterocycles. The normalized spacial score (nSPS) is 21.9. The van der Waals surface area contributed by atoms with Crippen LogP contribution in [0.3, 0.4) is 0 Å². The topological polar surface area (TPSA) is 46.3 Å². The number of halogens is 1. The van der Waals surface area contributed by atoms with Crippen LogP contribution in [0.15, 0.2) is 15.9 Å². The highest BCUT2D eigenvalue weighted by Crippen LogP contribution is 2.25. The van der Waals surface area contributed by atoms with Crippen molar-refractivity contribution in [1.82, 2.24) is 4.90 Å². The van der Waals surface area contributed by atoms with Crippen LogP contribution in [-0.2, 0) is 11.3 Å². The fourth-order valence-corrected chi connectivity index (χ4v) is 3.06. The zero-order valence-electron chi connectivity index (χ0n) is 7.57. The number of hydrogen-bond donors (Lipinski definition) is 1. The third-order valence-corrected chi connectivity index (χ3v) is 4.12. The second-order valence-electron chi connectivity index (χ2n) is 3.41. The molecule has 1 aliphatic rings. The highest BCUT2D eigenvalue weighted by Gasteiger charge is 2.32. The van der Waals surface area contributed by atoms with Crippen LogP contribution in [-0.4, -0.2) is 23.4 Å². The summed E-state index contributed by atoms with van der Waals surface area (Å²) in [5.41, 5.74) is 5.26. The Labute approximate surface area is 95.0 Å². The van der Waals surface area contributed by atoms with E-state index in [-0.39, 0.29) is 11.9 Å². The summed E-state index contributed by atoms with van der Waals surface area (Å²) in [4.78, 5) is 14.3. The molecule has 1 fully saturated rings. The summed E-state index contributed by atoms with van der Waals surface area (Å²) in [6.45, 7) is 1.81. The number of primary amides is 1. The van der Waals surface area contributed by atoms with Gasteiger partial charge >= 0.3 is 0 Å². The molecular weight excluding hydrogens is 264 g/mol. The van der Waals surface area contributed by atoms with Crippen molar-refractivity contribution in [3.05, 3.63) is 20.8 Å². The van der Waals surface area contributed by atoms with Crippen LogP contribution in [0.2, 0.25) is 0 Å². The number of carbonyl (C=O) groups is 1. The molecule has 76 valence electrons. The van der Waals surface area contributed by atoms with Gasteiger partial charge in [0.1, 0.15) is 0 Å². The largest absolute Gasteiger partial charge is 0.368 e. The first kappa shape index (κ1) is 10.1. The van der Waals surface area contributed by atoms with Crippen LogP contribution >= 0.6 is 27.3 Å². The number of thiophene rings is 1. The molecule has 0 bridgehead atoms. The van der Waals surface area contributed by atoms with Crippen molar-refractivity contribution in [3.8, 4) is 0 Å². The van der Waals surface area contributed by atoms with E-state index in [1.54, 1.807) is 11.3 Å². The van der Waals surface area contributed by atoms with Crippen molar-refractivity contribution in [2.24, 2.45) is 5.73 Å². The van der Waals surface area contributed by atoms with Gasteiger partial charge in [0.25, 0.3) is 0 Å². The van der Waals surface area contributed by atoms with Gasteiger partial charge in [-0.1, -0.05) is 0 Å². The smallest absolute Gasteiger partial charge is 0.234 e. The molecule has 0 aromatic carbocycles. The van der Waals surface area contributed by atoms with Crippen LogP contribution in [0.25, 0.3) is 0 Å². The maximum atomic E-state index is 11.0. The summed E-state index contributed by atoms with van der Waals surface area (Å²) < 4.78 is 1.11. The Morgan fingerprint density at radius 3 is 3.00 bits per heavy atom. The lowest BCUT2D eigenvalue weighted by Gasteiger charge is -2.38. The molecule has 14 heavy (non-hydrogen) atoms. The molecule has 2 heterocycles. The fraction of sp³-hybridized carbons (Fsp3) is 0.444. The van der Waals surface area contributed by atoms with E-state index in [2.05, 4.69) is 26.9 Å². The van der Waals surface area contributed by atoms with E-state index in [0.29, 0.717) is 0 Å². The van der Waals surface area contributed by atoms with Gasteiger partial charge in [0.05, 0.1) is 6.04 Å². The third kappa shape index (κ3) is 1.99. The summed E-state index contributed by atoms with van der Waals surface area (Å²) in [7, 11) is 0. The first-order valence-electron chi connectivity index (χ1n) is 4.43. The molecule has 0 aliphatic carbocycles. The Hall–Kier alpha value is -0.390. The number of nitrogens with two attached hydrogens (primary N) is 1. The van der Waals surface area contributed by atoms with Crippen LogP contribution in [0.4, 0.5) is 0 Å². The Morgan fingerprint density at radius 1 is 1.79 bits per heavy atom. The summed E-state index contributed by atoms with van der Waals surface area (Å²) >= 11 is 5.11. The lowest BCUT2D eigenvalue weighted by atomic mass is 10.0. The molecule has 1 aromatic heterocycles. The van der Waals surface area contributed by atoms with Gasteiger partial charge in [-0.2, -0.15) is 0 Å². The highest BCUT2D eigenvalue weighted by molar-refractivity contribution is 9.10. The molecule has 2 N–H and O–H groups in total. The van der Waals surface area contributed by atoms with Gasteiger partial charge in [0.15, 0.2) is 0 Å². The quantitative estimate of drug-likeness (QED) is 0.910. The van der Waals surface area contributed by atoms with Gasteiger partial charge in [-0.05, 0) is 28.4 Å². The summed E-state index contributed by atoms with van der Waals surface area (Å²) in [6, 6.07) is 2.04. The summed E-state index contributed by atoms with van der Waals surface area (Å²) in [5.74, 6) is -0.202. The van der Waals surface area contributed by atoms with Gasteiger partial charge in [0.2, 0.25) is 5.91 Å². The predicted molar refractivity (Wildman–Crippen MR) is 60.0 cm³/mol. The number of carbonyl (C=O) groups excluding carboxylic acids is 1. The minimum Gasteiger partial charge on any atom is -0.368 e. The first-order valence-corrected chi connectivity index (χ1v) is 6.10. The van der Waals surface area contributed by atoms with E-state index in [4.69, 9.17) is 5.73 Å². The molecular formula is C9H11BrN2OS. The molecule has 2 rings (SSSR count). The number of nitrogens with zero attached hydrogens (tertiary/aromatic N) is 1. The molecule has 1 unspecified atom stereocenters. The Bertz CT molecular complexity index is 352. The second kappa shape index (κ2) is 4.00. The zero-order valence-corrected chi connectivity index (χ0v) is 9.97. The molecule has 1 aromatic rings. The molecule has 1 amide bonds. The van der Waals surface area contributed by atoms with E-state index >= 15 is 0 Å². The predicted octanol–water partition coefficient (Wildman–Crippen LogP) is 1.57. The SMILES string of the molecule is NC(=O)C1CCN1Cc1cc(Br)cs1. The average Bonchev–Trinajstić information content (AvgIpc) is 2.44. The van der Waals surface area contributed by atoms with Crippen LogP contribution in [0.5, 0.6) is 0 Å².